The number of nitrogens with one attached hydrogen (secondary N) is 1. The quantitative estimate of drug-likeness (QED) is 0.529. The molecule has 7 nitrogen and oxygen atoms in total. The van der Waals surface area contributed by atoms with E-state index in [0.29, 0.717) is 18.1 Å². The monoisotopic (exact) mass is 388 g/mol. The minimum atomic E-state index is -0.648. The van der Waals surface area contributed by atoms with Crippen LogP contribution in [0.1, 0.15) is 16.1 Å². The molecule has 0 saturated carbocycles. The van der Waals surface area contributed by atoms with E-state index in [1.165, 1.54) is 24.5 Å². The van der Waals surface area contributed by atoms with E-state index in [1.54, 1.807) is 16.8 Å². The maximum Gasteiger partial charge on any atom is 0.268 e. The first-order chi connectivity index (χ1) is 14.1. The lowest BCUT2D eigenvalue weighted by molar-refractivity contribution is 0.0995. The average molecular weight is 388 g/mol. The molecule has 0 fully saturated rings. The highest BCUT2D eigenvalue weighted by Gasteiger charge is 2.13. The fourth-order valence-electron chi connectivity index (χ4n) is 2.86. The summed E-state index contributed by atoms with van der Waals surface area (Å²) in [7, 11) is 0. The van der Waals surface area contributed by atoms with Gasteiger partial charge in [-0.2, -0.15) is 5.10 Å². The van der Waals surface area contributed by atoms with Crippen LogP contribution in [0.15, 0.2) is 73.2 Å². The lowest BCUT2D eigenvalue weighted by Crippen LogP contribution is -2.14. The van der Waals surface area contributed by atoms with E-state index in [1.807, 2.05) is 36.5 Å². The second-order valence-corrected chi connectivity index (χ2v) is 6.30. The van der Waals surface area contributed by atoms with Crippen LogP contribution >= 0.6 is 0 Å². The Morgan fingerprint density at radius 3 is 2.55 bits per heavy atom. The zero-order valence-corrected chi connectivity index (χ0v) is 15.3. The molecule has 0 bridgehead atoms. The van der Waals surface area contributed by atoms with E-state index in [4.69, 9.17) is 5.73 Å². The Labute approximate surface area is 166 Å². The van der Waals surface area contributed by atoms with Gasteiger partial charge in [-0.25, -0.2) is 14.1 Å². The normalized spacial score (nSPS) is 10.7. The van der Waals surface area contributed by atoms with E-state index in [0.717, 1.165) is 16.8 Å². The van der Waals surface area contributed by atoms with Crippen LogP contribution in [-0.2, 0) is 6.54 Å². The van der Waals surface area contributed by atoms with Gasteiger partial charge in [-0.15, -0.1) is 0 Å². The lowest BCUT2D eigenvalue weighted by atomic mass is 10.1. The summed E-state index contributed by atoms with van der Waals surface area (Å²) in [5, 5.41) is 7.82. The van der Waals surface area contributed by atoms with Gasteiger partial charge < -0.3 is 11.1 Å². The summed E-state index contributed by atoms with van der Waals surface area (Å²) in [6.07, 6.45) is 4.71. The second kappa shape index (κ2) is 7.89. The van der Waals surface area contributed by atoms with Crippen molar-refractivity contribution in [2.75, 3.05) is 5.32 Å². The van der Waals surface area contributed by atoms with Crippen molar-refractivity contribution in [2.45, 2.75) is 6.54 Å². The molecule has 0 aliphatic heterocycles. The van der Waals surface area contributed by atoms with Gasteiger partial charge in [0.25, 0.3) is 5.91 Å². The number of aromatic nitrogens is 4. The maximum atomic E-state index is 13.4. The number of primary amides is 1. The number of carbonyl (C=O) groups excluding carboxylic acids is 1. The molecule has 4 aromatic rings. The van der Waals surface area contributed by atoms with Gasteiger partial charge in [-0.1, -0.05) is 18.2 Å². The standard InChI is InChI=1S/C21H17FN6O/c22-16-8-6-14(7-9-16)20-15(13-28(27-20)17-4-2-1-3-5-17)10-25-19-12-24-11-18(26-19)21(23)29/h1-9,11-13H,10H2,(H2,23,29)(H,25,26). The van der Waals surface area contributed by atoms with Crippen LogP contribution in [0, 0.1) is 5.82 Å². The molecule has 0 spiro atoms. The molecule has 0 aliphatic rings. The second-order valence-electron chi connectivity index (χ2n) is 6.30. The summed E-state index contributed by atoms with van der Waals surface area (Å²) >= 11 is 0. The first-order valence-electron chi connectivity index (χ1n) is 8.86. The third-order valence-corrected chi connectivity index (χ3v) is 4.28. The van der Waals surface area contributed by atoms with E-state index in [-0.39, 0.29) is 11.5 Å². The molecule has 2 aromatic carbocycles. The van der Waals surface area contributed by atoms with Crippen LogP contribution in [0.3, 0.4) is 0 Å². The van der Waals surface area contributed by atoms with E-state index in [2.05, 4.69) is 20.4 Å². The van der Waals surface area contributed by atoms with Crippen molar-refractivity contribution in [1.29, 1.82) is 0 Å². The minimum absolute atomic E-state index is 0.0775. The van der Waals surface area contributed by atoms with E-state index in [9.17, 15) is 9.18 Å². The number of amides is 1. The number of para-hydroxylation sites is 1. The van der Waals surface area contributed by atoms with Gasteiger partial charge in [0, 0.05) is 23.9 Å². The predicted molar refractivity (Wildman–Crippen MR) is 107 cm³/mol. The van der Waals surface area contributed by atoms with Gasteiger partial charge in [0.2, 0.25) is 0 Å². The molecule has 29 heavy (non-hydrogen) atoms. The largest absolute Gasteiger partial charge is 0.365 e. The van der Waals surface area contributed by atoms with Gasteiger partial charge in [0.1, 0.15) is 17.3 Å². The molecule has 2 heterocycles. The summed E-state index contributed by atoms with van der Waals surface area (Å²) < 4.78 is 15.1. The fraction of sp³-hybridized carbons (Fsp3) is 0.0476. The van der Waals surface area contributed by atoms with Crippen molar-refractivity contribution in [3.63, 3.8) is 0 Å². The maximum absolute atomic E-state index is 13.4. The Morgan fingerprint density at radius 1 is 1.07 bits per heavy atom. The molecule has 2 aromatic heterocycles. The molecule has 8 heteroatoms. The first kappa shape index (κ1) is 18.3. The van der Waals surface area contributed by atoms with E-state index >= 15 is 0 Å². The van der Waals surface area contributed by atoms with E-state index < -0.39 is 5.91 Å². The topological polar surface area (TPSA) is 98.7 Å². The van der Waals surface area contributed by atoms with Crippen LogP contribution in [0.4, 0.5) is 10.2 Å². The van der Waals surface area contributed by atoms with Gasteiger partial charge in [0.15, 0.2) is 0 Å². The summed E-state index contributed by atoms with van der Waals surface area (Å²) in [5.74, 6) is -0.543. The van der Waals surface area contributed by atoms with Crippen molar-refractivity contribution in [2.24, 2.45) is 5.73 Å². The molecule has 0 unspecified atom stereocenters. The number of anilines is 1. The molecule has 0 aliphatic carbocycles. The van der Waals surface area contributed by atoms with Crippen molar-refractivity contribution < 1.29 is 9.18 Å². The molecule has 0 radical (unpaired) electrons. The molecule has 144 valence electrons. The number of hydrogen-bond acceptors (Lipinski definition) is 5. The Balaban J connectivity index is 1.67. The highest BCUT2D eigenvalue weighted by molar-refractivity contribution is 5.90. The summed E-state index contributed by atoms with van der Waals surface area (Å²) in [6.45, 7) is 0.371. The third-order valence-electron chi connectivity index (χ3n) is 4.28. The fourth-order valence-corrected chi connectivity index (χ4v) is 2.86. The number of carbonyl (C=O) groups is 1. The molecule has 1 amide bonds. The predicted octanol–water partition coefficient (Wildman–Crippen LogP) is 3.18. The van der Waals surface area contributed by atoms with Crippen LogP contribution < -0.4 is 11.1 Å². The zero-order chi connectivity index (χ0) is 20.2. The van der Waals surface area contributed by atoms with Crippen LogP contribution in [0.5, 0.6) is 0 Å². The molecular weight excluding hydrogens is 371 g/mol. The number of halogens is 1. The average Bonchev–Trinajstić information content (AvgIpc) is 3.18. The van der Waals surface area contributed by atoms with Crippen LogP contribution in [0.25, 0.3) is 16.9 Å². The smallest absolute Gasteiger partial charge is 0.268 e. The van der Waals surface area contributed by atoms with Crippen molar-refractivity contribution in [3.05, 3.63) is 90.3 Å². The Bertz CT molecular complexity index is 1140. The summed E-state index contributed by atoms with van der Waals surface area (Å²) in [4.78, 5) is 19.4. The lowest BCUT2D eigenvalue weighted by Gasteiger charge is -2.06. The number of nitrogens with zero attached hydrogens (tertiary/aromatic N) is 4. The third kappa shape index (κ3) is 4.11. The minimum Gasteiger partial charge on any atom is -0.365 e. The number of rotatable bonds is 6. The Hall–Kier alpha value is -4.07. The van der Waals surface area contributed by atoms with Crippen LogP contribution in [0.2, 0.25) is 0 Å². The molecule has 0 saturated heterocycles. The molecule has 4 rings (SSSR count). The van der Waals surface area contributed by atoms with Gasteiger partial charge in [-0.05, 0) is 36.4 Å². The molecule has 3 N–H and O–H groups in total. The number of nitrogens with two attached hydrogens (primary N) is 1. The van der Waals surface area contributed by atoms with Crippen LogP contribution in [-0.4, -0.2) is 25.7 Å². The number of hydrogen-bond donors (Lipinski definition) is 2. The summed E-state index contributed by atoms with van der Waals surface area (Å²) in [5.41, 5.74) is 8.60. The highest BCUT2D eigenvalue weighted by atomic mass is 19.1. The SMILES string of the molecule is NC(=O)c1cncc(NCc2cn(-c3ccccc3)nc2-c2ccc(F)cc2)n1. The summed E-state index contributed by atoms with van der Waals surface area (Å²) in [6, 6.07) is 15.8. The molecule has 0 atom stereocenters. The van der Waals surface area contributed by atoms with Gasteiger partial charge >= 0.3 is 0 Å². The Morgan fingerprint density at radius 2 is 1.83 bits per heavy atom. The van der Waals surface area contributed by atoms with Gasteiger partial charge in [0.05, 0.1) is 23.8 Å². The zero-order valence-electron chi connectivity index (χ0n) is 15.3. The van der Waals surface area contributed by atoms with Crippen molar-refractivity contribution in [3.8, 4) is 16.9 Å². The number of benzene rings is 2. The highest BCUT2D eigenvalue weighted by Crippen LogP contribution is 2.25. The first-order valence-corrected chi connectivity index (χ1v) is 8.86. The molecular formula is C21H17FN6O. The van der Waals surface area contributed by atoms with Crippen molar-refractivity contribution >= 4 is 11.7 Å². The van der Waals surface area contributed by atoms with Crippen molar-refractivity contribution in [1.82, 2.24) is 19.7 Å². The Kier molecular flexibility index (Phi) is 4.98. The van der Waals surface area contributed by atoms with Gasteiger partial charge in [-0.3, -0.25) is 9.78 Å².